The number of amides is 2. The van der Waals surface area contributed by atoms with E-state index in [2.05, 4.69) is 23.1 Å². The molecule has 0 aromatic heterocycles. The van der Waals surface area contributed by atoms with E-state index < -0.39 is 6.09 Å². The van der Waals surface area contributed by atoms with Crippen LogP contribution in [-0.4, -0.2) is 19.0 Å². The minimum atomic E-state index is -0.437. The van der Waals surface area contributed by atoms with Gasteiger partial charge >= 0.3 is 6.09 Å². The van der Waals surface area contributed by atoms with E-state index in [9.17, 15) is 9.59 Å². The molecule has 0 bridgehead atoms. The molecular formula is C20H33N3O3. The molecule has 0 spiro atoms. The summed E-state index contributed by atoms with van der Waals surface area (Å²) in [5.41, 5.74) is 5.72. The Morgan fingerprint density at radius 2 is 1.50 bits per heavy atom. The van der Waals surface area contributed by atoms with Crippen molar-refractivity contribution in [2.24, 2.45) is 0 Å². The zero-order valence-electron chi connectivity index (χ0n) is 15.9. The van der Waals surface area contributed by atoms with E-state index >= 15 is 0 Å². The van der Waals surface area contributed by atoms with E-state index in [4.69, 9.17) is 4.74 Å². The summed E-state index contributed by atoms with van der Waals surface area (Å²) in [6, 6.07) is 6.74. The van der Waals surface area contributed by atoms with Crippen LogP contribution in [0.4, 0.5) is 10.5 Å². The maximum absolute atomic E-state index is 11.7. The van der Waals surface area contributed by atoms with Gasteiger partial charge in [-0.2, -0.15) is 0 Å². The molecule has 0 atom stereocenters. The van der Waals surface area contributed by atoms with Crippen LogP contribution in [0.1, 0.15) is 71.1 Å². The monoisotopic (exact) mass is 363 g/mol. The van der Waals surface area contributed by atoms with Gasteiger partial charge in [-0.05, 0) is 30.7 Å². The summed E-state index contributed by atoms with van der Waals surface area (Å²) in [6.45, 7) is 2.88. The SMILES string of the molecule is CCCCCCCCCCCCNC(=O)Oc1ccc(NNC=O)cc1. The van der Waals surface area contributed by atoms with Crippen molar-refractivity contribution < 1.29 is 14.3 Å². The molecule has 146 valence electrons. The number of hydrazine groups is 1. The molecule has 2 amide bonds. The Kier molecular flexibility index (Phi) is 12.6. The summed E-state index contributed by atoms with van der Waals surface area (Å²) < 4.78 is 5.20. The van der Waals surface area contributed by atoms with E-state index in [1.807, 2.05) is 0 Å². The first-order chi connectivity index (χ1) is 12.8. The highest BCUT2D eigenvalue weighted by Crippen LogP contribution is 2.15. The van der Waals surface area contributed by atoms with E-state index in [1.54, 1.807) is 24.3 Å². The fraction of sp³-hybridized carbons (Fsp3) is 0.600. The molecule has 1 aromatic rings. The molecule has 0 aliphatic heterocycles. The Morgan fingerprint density at radius 1 is 0.923 bits per heavy atom. The minimum Gasteiger partial charge on any atom is -0.410 e. The summed E-state index contributed by atoms with van der Waals surface area (Å²) in [5, 5.41) is 2.77. The number of ether oxygens (including phenoxy) is 1. The second-order valence-electron chi connectivity index (χ2n) is 6.41. The summed E-state index contributed by atoms with van der Waals surface area (Å²) >= 11 is 0. The Balaban J connectivity index is 1.99. The number of carbonyl (C=O) groups is 2. The van der Waals surface area contributed by atoms with Crippen molar-refractivity contribution in [3.8, 4) is 5.75 Å². The van der Waals surface area contributed by atoms with Crippen LogP contribution in [0, 0.1) is 0 Å². The number of carbonyl (C=O) groups excluding carboxylic acids is 2. The molecule has 1 aromatic carbocycles. The largest absolute Gasteiger partial charge is 0.412 e. The molecule has 0 unspecified atom stereocenters. The Hall–Kier alpha value is -2.24. The molecule has 0 aliphatic carbocycles. The maximum atomic E-state index is 11.7. The predicted molar refractivity (Wildman–Crippen MR) is 105 cm³/mol. The van der Waals surface area contributed by atoms with Crippen LogP contribution in [0.5, 0.6) is 5.75 Å². The van der Waals surface area contributed by atoms with Crippen molar-refractivity contribution in [2.45, 2.75) is 71.1 Å². The van der Waals surface area contributed by atoms with Gasteiger partial charge in [0.2, 0.25) is 6.41 Å². The lowest BCUT2D eigenvalue weighted by Gasteiger charge is -2.08. The van der Waals surface area contributed by atoms with E-state index in [-0.39, 0.29) is 0 Å². The smallest absolute Gasteiger partial charge is 0.410 e. The number of anilines is 1. The van der Waals surface area contributed by atoms with Crippen molar-refractivity contribution in [1.29, 1.82) is 0 Å². The number of nitrogens with one attached hydrogen (secondary N) is 3. The van der Waals surface area contributed by atoms with Crippen molar-refractivity contribution in [2.75, 3.05) is 12.0 Å². The number of hydrogen-bond acceptors (Lipinski definition) is 4. The molecule has 0 saturated heterocycles. The van der Waals surface area contributed by atoms with Crippen molar-refractivity contribution in [1.82, 2.24) is 10.7 Å². The van der Waals surface area contributed by atoms with Crippen LogP contribution in [0.3, 0.4) is 0 Å². The molecule has 0 saturated carbocycles. The standard InChI is InChI=1S/C20H33N3O3/c1-2-3-4-5-6-7-8-9-10-11-16-21-20(25)26-19-14-12-18(13-15-19)23-22-17-24/h12-15,17,23H,2-11,16H2,1H3,(H,21,25)(H,22,24). The van der Waals surface area contributed by atoms with Crippen LogP contribution in [-0.2, 0) is 4.79 Å². The first kappa shape index (κ1) is 21.8. The molecule has 6 heteroatoms. The fourth-order valence-electron chi connectivity index (χ4n) is 2.67. The first-order valence-corrected chi connectivity index (χ1v) is 9.77. The van der Waals surface area contributed by atoms with Gasteiger partial charge < -0.3 is 10.1 Å². The fourth-order valence-corrected chi connectivity index (χ4v) is 2.67. The summed E-state index contributed by atoms with van der Waals surface area (Å²) in [6.07, 6.45) is 12.8. The molecule has 26 heavy (non-hydrogen) atoms. The number of benzene rings is 1. The highest BCUT2D eigenvalue weighted by Gasteiger charge is 2.03. The molecule has 0 fully saturated rings. The van der Waals surface area contributed by atoms with Crippen LogP contribution in [0.25, 0.3) is 0 Å². The quantitative estimate of drug-likeness (QED) is 0.238. The van der Waals surface area contributed by atoms with Crippen LogP contribution >= 0.6 is 0 Å². The summed E-state index contributed by atoms with van der Waals surface area (Å²) in [7, 11) is 0. The molecule has 0 aliphatic rings. The van der Waals surface area contributed by atoms with Crippen LogP contribution in [0.15, 0.2) is 24.3 Å². The third-order valence-corrected chi connectivity index (χ3v) is 4.14. The average Bonchev–Trinajstić information content (AvgIpc) is 2.65. The van der Waals surface area contributed by atoms with Crippen molar-refractivity contribution in [3.63, 3.8) is 0 Å². The highest BCUT2D eigenvalue weighted by molar-refractivity contribution is 5.70. The van der Waals surface area contributed by atoms with Gasteiger partial charge in [-0.1, -0.05) is 64.7 Å². The minimum absolute atomic E-state index is 0.437. The lowest BCUT2D eigenvalue weighted by atomic mass is 10.1. The van der Waals surface area contributed by atoms with E-state index in [0.29, 0.717) is 24.4 Å². The van der Waals surface area contributed by atoms with Crippen molar-refractivity contribution in [3.05, 3.63) is 24.3 Å². The molecule has 1 rings (SSSR count). The first-order valence-electron chi connectivity index (χ1n) is 9.77. The Morgan fingerprint density at radius 3 is 2.08 bits per heavy atom. The number of unbranched alkanes of at least 4 members (excludes halogenated alkanes) is 9. The predicted octanol–water partition coefficient (Wildman–Crippen LogP) is 4.77. The third kappa shape index (κ3) is 11.3. The van der Waals surface area contributed by atoms with Crippen molar-refractivity contribution >= 4 is 18.2 Å². The summed E-state index contributed by atoms with van der Waals surface area (Å²) in [4.78, 5) is 21.9. The normalized spacial score (nSPS) is 10.2. The van der Waals surface area contributed by atoms with Crippen LogP contribution < -0.4 is 20.9 Å². The van der Waals surface area contributed by atoms with Gasteiger partial charge in [0.05, 0.1) is 5.69 Å². The average molecular weight is 364 g/mol. The van der Waals surface area contributed by atoms with E-state index in [1.165, 1.54) is 51.4 Å². The van der Waals surface area contributed by atoms with E-state index in [0.717, 1.165) is 12.8 Å². The maximum Gasteiger partial charge on any atom is 0.412 e. The summed E-state index contributed by atoms with van der Waals surface area (Å²) in [5.74, 6) is 0.460. The van der Waals surface area contributed by atoms with Gasteiger partial charge in [-0.3, -0.25) is 15.6 Å². The van der Waals surface area contributed by atoms with Crippen LogP contribution in [0.2, 0.25) is 0 Å². The lowest BCUT2D eigenvalue weighted by Crippen LogP contribution is -2.27. The highest BCUT2D eigenvalue weighted by atomic mass is 16.6. The third-order valence-electron chi connectivity index (χ3n) is 4.14. The topological polar surface area (TPSA) is 79.5 Å². The van der Waals surface area contributed by atoms with Gasteiger partial charge in [0.25, 0.3) is 0 Å². The molecular weight excluding hydrogens is 330 g/mol. The second kappa shape index (κ2) is 15.0. The van der Waals surface area contributed by atoms with Gasteiger partial charge in [-0.15, -0.1) is 0 Å². The number of hydrogen-bond donors (Lipinski definition) is 3. The second-order valence-corrected chi connectivity index (χ2v) is 6.41. The lowest BCUT2D eigenvalue weighted by molar-refractivity contribution is -0.109. The molecule has 0 heterocycles. The van der Waals surface area contributed by atoms with Gasteiger partial charge in [-0.25, -0.2) is 4.79 Å². The van der Waals surface area contributed by atoms with Gasteiger partial charge in [0.15, 0.2) is 0 Å². The Labute approximate surface area is 157 Å². The molecule has 6 nitrogen and oxygen atoms in total. The molecule has 0 radical (unpaired) electrons. The van der Waals surface area contributed by atoms with Gasteiger partial charge in [0, 0.05) is 6.54 Å². The zero-order valence-corrected chi connectivity index (χ0v) is 15.9. The Bertz CT molecular complexity index is 492. The zero-order chi connectivity index (χ0) is 18.9. The van der Waals surface area contributed by atoms with Gasteiger partial charge in [0.1, 0.15) is 5.75 Å². The number of rotatable bonds is 15. The molecule has 3 N–H and O–H groups in total.